The molecule has 0 aliphatic heterocycles. The van der Waals surface area contributed by atoms with Gasteiger partial charge in [0, 0.05) is 6.42 Å². The van der Waals surface area contributed by atoms with Crippen molar-refractivity contribution in [1.29, 1.82) is 0 Å². The number of carbonyl (C=O) groups is 1. The molecule has 2 N–H and O–H groups in total. The van der Waals surface area contributed by atoms with Gasteiger partial charge in [-0.25, -0.2) is 0 Å². The summed E-state index contributed by atoms with van der Waals surface area (Å²) in [7, 11) is 0. The summed E-state index contributed by atoms with van der Waals surface area (Å²) in [6.45, 7) is 10.7. The van der Waals surface area contributed by atoms with Crippen LogP contribution in [0.25, 0.3) is 0 Å². The molecule has 3 nitrogen and oxygen atoms in total. The van der Waals surface area contributed by atoms with Crippen molar-refractivity contribution in [3.8, 4) is 0 Å². The largest absolute Gasteiger partial charge is 0.390 e. The normalized spacial score (nSPS) is 43.3. The van der Waals surface area contributed by atoms with Gasteiger partial charge < -0.3 is 10.2 Å². The molecule has 4 aliphatic rings. The van der Waals surface area contributed by atoms with Crippen molar-refractivity contribution < 1.29 is 15.0 Å². The molecule has 0 spiro atoms. The molecule has 7 atom stereocenters. The second kappa shape index (κ2) is 7.44. The van der Waals surface area contributed by atoms with E-state index in [2.05, 4.69) is 20.8 Å². The zero-order valence-electron chi connectivity index (χ0n) is 20.0. The molecule has 4 aliphatic carbocycles. The predicted octanol–water partition coefficient (Wildman–Crippen LogP) is 5.83. The molecule has 0 amide bonds. The highest BCUT2D eigenvalue weighted by molar-refractivity contribution is 5.91. The quantitative estimate of drug-likeness (QED) is 0.593. The highest BCUT2D eigenvalue weighted by Gasteiger charge is 2.61. The van der Waals surface area contributed by atoms with Crippen LogP contribution >= 0.6 is 0 Å². The van der Waals surface area contributed by atoms with Crippen LogP contribution in [-0.4, -0.2) is 27.2 Å². The minimum Gasteiger partial charge on any atom is -0.390 e. The second-order valence-electron chi connectivity index (χ2n) is 12.7. The van der Waals surface area contributed by atoms with Crippen LogP contribution in [0.1, 0.15) is 105 Å². The van der Waals surface area contributed by atoms with Crippen molar-refractivity contribution in [3.63, 3.8) is 0 Å². The van der Waals surface area contributed by atoms with E-state index in [0.717, 1.165) is 50.9 Å². The lowest BCUT2D eigenvalue weighted by Gasteiger charge is -2.59. The van der Waals surface area contributed by atoms with Crippen LogP contribution in [0.3, 0.4) is 0 Å². The maximum atomic E-state index is 12.0. The SMILES string of the molecule is CC(C)(O)CCCC(C)(O)C1CCC2C3CCC4=CC(=O)CCC4(C)C3CCC21C. The lowest BCUT2D eigenvalue weighted by atomic mass is 9.46. The van der Waals surface area contributed by atoms with Gasteiger partial charge in [-0.1, -0.05) is 19.4 Å². The van der Waals surface area contributed by atoms with Crippen molar-refractivity contribution >= 4 is 5.78 Å². The molecule has 0 radical (unpaired) electrons. The Morgan fingerprint density at radius 2 is 1.70 bits per heavy atom. The molecule has 0 heterocycles. The summed E-state index contributed by atoms with van der Waals surface area (Å²) in [6, 6.07) is 0. The molecule has 3 heteroatoms. The van der Waals surface area contributed by atoms with E-state index < -0.39 is 11.2 Å². The summed E-state index contributed by atoms with van der Waals surface area (Å²) >= 11 is 0. The minimum absolute atomic E-state index is 0.224. The Kier molecular flexibility index (Phi) is 5.59. The maximum Gasteiger partial charge on any atom is 0.155 e. The van der Waals surface area contributed by atoms with Crippen molar-refractivity contribution in [2.75, 3.05) is 0 Å². The molecule has 0 bridgehead atoms. The van der Waals surface area contributed by atoms with Crippen molar-refractivity contribution in [2.24, 2.45) is 34.5 Å². The standard InChI is InChI=1S/C27H44O3/c1-24(2,29)13-6-14-27(5,30)23-10-9-21-20-8-7-18-17-19(28)11-15-25(18,3)22(20)12-16-26(21,23)4/h17,20-23,29-30H,6-16H2,1-5H3. The Labute approximate surface area is 183 Å². The van der Waals surface area contributed by atoms with Gasteiger partial charge in [0.05, 0.1) is 11.2 Å². The summed E-state index contributed by atoms with van der Waals surface area (Å²) < 4.78 is 0. The molecular weight excluding hydrogens is 372 g/mol. The molecule has 7 unspecified atom stereocenters. The lowest BCUT2D eigenvalue weighted by Crippen LogP contribution is -2.53. The molecule has 3 saturated carbocycles. The fourth-order valence-corrected chi connectivity index (χ4v) is 8.63. The third-order valence-corrected chi connectivity index (χ3v) is 10.2. The van der Waals surface area contributed by atoms with E-state index in [1.807, 2.05) is 19.9 Å². The number of ketones is 1. The number of carbonyl (C=O) groups excluding carboxylic acids is 1. The maximum absolute atomic E-state index is 12.0. The van der Waals surface area contributed by atoms with Gasteiger partial charge in [0.15, 0.2) is 5.78 Å². The van der Waals surface area contributed by atoms with Gasteiger partial charge >= 0.3 is 0 Å². The summed E-state index contributed by atoms with van der Waals surface area (Å²) in [4.78, 5) is 12.0. The fourth-order valence-electron chi connectivity index (χ4n) is 8.63. The molecule has 0 aromatic rings. The first-order valence-electron chi connectivity index (χ1n) is 12.6. The number of fused-ring (bicyclic) bond motifs is 5. The topological polar surface area (TPSA) is 57.5 Å². The van der Waals surface area contributed by atoms with E-state index in [1.165, 1.54) is 31.3 Å². The summed E-state index contributed by atoms with van der Waals surface area (Å²) in [5.41, 5.74) is 0.590. The van der Waals surface area contributed by atoms with E-state index in [9.17, 15) is 15.0 Å². The van der Waals surface area contributed by atoms with E-state index in [4.69, 9.17) is 0 Å². The van der Waals surface area contributed by atoms with Gasteiger partial charge in [-0.2, -0.15) is 0 Å². The Morgan fingerprint density at radius 1 is 0.967 bits per heavy atom. The van der Waals surface area contributed by atoms with Crippen LogP contribution in [0, 0.1) is 34.5 Å². The van der Waals surface area contributed by atoms with Crippen LogP contribution in [0.5, 0.6) is 0 Å². The predicted molar refractivity (Wildman–Crippen MR) is 121 cm³/mol. The van der Waals surface area contributed by atoms with Crippen LogP contribution in [0.15, 0.2) is 11.6 Å². The van der Waals surface area contributed by atoms with E-state index in [1.54, 1.807) is 0 Å². The van der Waals surface area contributed by atoms with Gasteiger partial charge in [-0.05, 0) is 126 Å². The number of rotatable bonds is 5. The Morgan fingerprint density at radius 3 is 2.40 bits per heavy atom. The first-order valence-corrected chi connectivity index (χ1v) is 12.6. The van der Waals surface area contributed by atoms with E-state index in [0.29, 0.717) is 23.5 Å². The van der Waals surface area contributed by atoms with Crippen LogP contribution < -0.4 is 0 Å². The third-order valence-electron chi connectivity index (χ3n) is 10.2. The molecule has 3 fully saturated rings. The summed E-state index contributed by atoms with van der Waals surface area (Å²) in [5, 5.41) is 21.6. The highest BCUT2D eigenvalue weighted by Crippen LogP contribution is 2.68. The molecule has 170 valence electrons. The van der Waals surface area contributed by atoms with E-state index in [-0.39, 0.29) is 10.8 Å². The van der Waals surface area contributed by atoms with Crippen LogP contribution in [0.4, 0.5) is 0 Å². The first kappa shape index (κ1) is 22.5. The molecule has 4 rings (SSSR count). The molecular formula is C27H44O3. The second-order valence-corrected chi connectivity index (χ2v) is 12.7. The minimum atomic E-state index is -0.652. The Hall–Kier alpha value is -0.670. The molecule has 30 heavy (non-hydrogen) atoms. The number of hydrogen-bond acceptors (Lipinski definition) is 3. The number of hydrogen-bond donors (Lipinski definition) is 2. The van der Waals surface area contributed by atoms with Gasteiger partial charge in [-0.15, -0.1) is 0 Å². The number of allylic oxidation sites excluding steroid dienone is 1. The molecule has 0 aromatic carbocycles. The zero-order chi connectivity index (χ0) is 21.9. The lowest BCUT2D eigenvalue weighted by molar-refractivity contribution is -0.120. The van der Waals surface area contributed by atoms with Gasteiger partial charge in [0.1, 0.15) is 0 Å². The Balaban J connectivity index is 1.51. The first-order chi connectivity index (χ1) is 13.9. The van der Waals surface area contributed by atoms with Crippen LogP contribution in [-0.2, 0) is 4.79 Å². The number of aliphatic hydroxyl groups is 2. The zero-order valence-corrected chi connectivity index (χ0v) is 20.0. The average Bonchev–Trinajstić information content (AvgIpc) is 2.99. The Bertz CT molecular complexity index is 714. The van der Waals surface area contributed by atoms with Crippen LogP contribution in [0.2, 0.25) is 0 Å². The monoisotopic (exact) mass is 416 g/mol. The smallest absolute Gasteiger partial charge is 0.155 e. The fraction of sp³-hybridized carbons (Fsp3) is 0.889. The third kappa shape index (κ3) is 3.72. The summed E-state index contributed by atoms with van der Waals surface area (Å²) in [6.07, 6.45) is 13.3. The molecule has 0 saturated heterocycles. The van der Waals surface area contributed by atoms with Crippen molar-refractivity contribution in [2.45, 2.75) is 116 Å². The van der Waals surface area contributed by atoms with Crippen molar-refractivity contribution in [1.82, 2.24) is 0 Å². The van der Waals surface area contributed by atoms with E-state index >= 15 is 0 Å². The van der Waals surface area contributed by atoms with Gasteiger partial charge in [0.25, 0.3) is 0 Å². The van der Waals surface area contributed by atoms with Gasteiger partial charge in [-0.3, -0.25) is 4.79 Å². The molecule has 0 aromatic heterocycles. The highest BCUT2D eigenvalue weighted by atomic mass is 16.3. The van der Waals surface area contributed by atoms with Crippen molar-refractivity contribution in [3.05, 3.63) is 11.6 Å². The van der Waals surface area contributed by atoms with Gasteiger partial charge in [0.2, 0.25) is 0 Å². The average molecular weight is 417 g/mol. The summed E-state index contributed by atoms with van der Waals surface area (Å²) in [5.74, 6) is 2.86.